The highest BCUT2D eigenvalue weighted by molar-refractivity contribution is 9.10. The molecule has 0 heterocycles. The van der Waals surface area contributed by atoms with Gasteiger partial charge < -0.3 is 9.47 Å². The molecule has 0 aromatic heterocycles. The molecule has 2 atom stereocenters. The maximum absolute atomic E-state index is 13.6. The van der Waals surface area contributed by atoms with E-state index in [-0.39, 0.29) is 18.8 Å². The van der Waals surface area contributed by atoms with Crippen LogP contribution in [-0.4, -0.2) is 18.7 Å². The van der Waals surface area contributed by atoms with Crippen molar-refractivity contribution in [2.75, 3.05) is 6.61 Å². The molecule has 2 aromatic rings. The van der Waals surface area contributed by atoms with E-state index in [0.29, 0.717) is 5.56 Å². The second-order valence-corrected chi connectivity index (χ2v) is 7.32. The highest BCUT2D eigenvalue weighted by atomic mass is 79.9. The molecule has 2 unspecified atom stereocenters. The number of ether oxygens (including phenoxy) is 2. The highest BCUT2D eigenvalue weighted by Gasteiger charge is 2.61. The van der Waals surface area contributed by atoms with E-state index in [9.17, 15) is 22.0 Å². The summed E-state index contributed by atoms with van der Waals surface area (Å²) in [6.07, 6.45) is -5.57. The van der Waals surface area contributed by atoms with E-state index in [2.05, 4.69) is 20.7 Å². The third-order valence-electron chi connectivity index (χ3n) is 4.17. The Morgan fingerprint density at radius 1 is 1.11 bits per heavy atom. The predicted molar refractivity (Wildman–Crippen MR) is 92.7 cm³/mol. The van der Waals surface area contributed by atoms with Crippen LogP contribution in [0.1, 0.15) is 23.7 Å². The molecule has 0 saturated heterocycles. The van der Waals surface area contributed by atoms with Crippen LogP contribution < -0.4 is 4.74 Å². The first-order valence-electron chi connectivity index (χ1n) is 8.17. The molecule has 0 radical (unpaired) electrons. The van der Waals surface area contributed by atoms with Gasteiger partial charge in [-0.1, -0.05) is 40.2 Å². The Hall–Kier alpha value is -1.67. The van der Waals surface area contributed by atoms with Crippen LogP contribution in [0.25, 0.3) is 0 Å². The monoisotopic (exact) mass is 450 g/mol. The lowest BCUT2D eigenvalue weighted by Crippen LogP contribution is -2.19. The smallest absolute Gasteiger partial charge is 0.422 e. The first-order valence-corrected chi connectivity index (χ1v) is 8.97. The van der Waals surface area contributed by atoms with Gasteiger partial charge in [0.15, 0.2) is 6.61 Å². The fourth-order valence-corrected chi connectivity index (χ4v) is 3.19. The molecule has 0 bridgehead atoms. The molecular formula is C19H16BrF5O2. The van der Waals surface area contributed by atoms with E-state index < -0.39 is 30.7 Å². The quantitative estimate of drug-likeness (QED) is 0.460. The maximum Gasteiger partial charge on any atom is 0.422 e. The van der Waals surface area contributed by atoms with Crippen LogP contribution in [0.2, 0.25) is 0 Å². The topological polar surface area (TPSA) is 18.5 Å². The van der Waals surface area contributed by atoms with Crippen LogP contribution in [-0.2, 0) is 11.3 Å². The molecule has 8 heteroatoms. The Kier molecular flexibility index (Phi) is 5.76. The fraction of sp³-hybridized carbons (Fsp3) is 0.368. The van der Waals surface area contributed by atoms with E-state index in [1.807, 2.05) is 24.3 Å². The van der Waals surface area contributed by atoms with Crippen molar-refractivity contribution in [3.8, 4) is 5.75 Å². The zero-order valence-corrected chi connectivity index (χ0v) is 15.6. The van der Waals surface area contributed by atoms with E-state index in [0.717, 1.165) is 10.0 Å². The zero-order chi connectivity index (χ0) is 19.7. The number of benzene rings is 2. The second kappa shape index (κ2) is 7.75. The number of alkyl halides is 5. The van der Waals surface area contributed by atoms with Gasteiger partial charge >= 0.3 is 6.18 Å². The summed E-state index contributed by atoms with van der Waals surface area (Å²) in [5.74, 6) is -3.73. The van der Waals surface area contributed by atoms with E-state index in [1.165, 1.54) is 24.3 Å². The van der Waals surface area contributed by atoms with E-state index >= 15 is 0 Å². The SMILES string of the molecule is FC(F)(F)COc1ccc(C(OCc2cccc(Br)c2)C2CC2(F)F)cc1. The number of rotatable bonds is 7. The minimum Gasteiger partial charge on any atom is -0.484 e. The third-order valence-corrected chi connectivity index (χ3v) is 4.66. The molecule has 27 heavy (non-hydrogen) atoms. The minimum absolute atomic E-state index is 0.0179. The van der Waals surface area contributed by atoms with Crippen molar-refractivity contribution in [1.82, 2.24) is 0 Å². The average Bonchev–Trinajstić information content (AvgIpc) is 3.21. The minimum atomic E-state index is -4.44. The van der Waals surface area contributed by atoms with Crippen LogP contribution in [0.3, 0.4) is 0 Å². The van der Waals surface area contributed by atoms with Gasteiger partial charge in [-0.3, -0.25) is 0 Å². The normalized spacial score (nSPS) is 19.6. The van der Waals surface area contributed by atoms with Gasteiger partial charge in [0, 0.05) is 10.9 Å². The molecule has 0 N–H and O–H groups in total. The van der Waals surface area contributed by atoms with E-state index in [4.69, 9.17) is 4.74 Å². The van der Waals surface area contributed by atoms with Gasteiger partial charge in [-0.15, -0.1) is 0 Å². The molecule has 146 valence electrons. The summed E-state index contributed by atoms with van der Waals surface area (Å²) >= 11 is 3.34. The van der Waals surface area contributed by atoms with Crippen molar-refractivity contribution in [2.45, 2.75) is 31.2 Å². The highest BCUT2D eigenvalue weighted by Crippen LogP contribution is 2.56. The van der Waals surface area contributed by atoms with Crippen molar-refractivity contribution < 1.29 is 31.4 Å². The Morgan fingerprint density at radius 2 is 1.78 bits per heavy atom. The van der Waals surface area contributed by atoms with Crippen molar-refractivity contribution in [3.63, 3.8) is 0 Å². The summed E-state index contributed by atoms with van der Waals surface area (Å²) in [6, 6.07) is 12.9. The van der Waals surface area contributed by atoms with E-state index in [1.54, 1.807) is 0 Å². The lowest BCUT2D eigenvalue weighted by Gasteiger charge is -2.19. The number of hydrogen-bond donors (Lipinski definition) is 0. The lowest BCUT2D eigenvalue weighted by molar-refractivity contribution is -0.153. The van der Waals surface area contributed by atoms with Gasteiger partial charge in [0.25, 0.3) is 5.92 Å². The van der Waals surface area contributed by atoms with Crippen LogP contribution in [0, 0.1) is 5.92 Å². The molecule has 3 rings (SSSR count). The Balaban J connectivity index is 1.70. The number of hydrogen-bond acceptors (Lipinski definition) is 2. The predicted octanol–water partition coefficient (Wildman–Crippen LogP) is 6.30. The summed E-state index contributed by atoms with van der Waals surface area (Å²) in [4.78, 5) is 0. The molecule has 1 saturated carbocycles. The van der Waals surface area contributed by atoms with Crippen LogP contribution >= 0.6 is 15.9 Å². The summed E-state index contributed by atoms with van der Waals surface area (Å²) in [7, 11) is 0. The standard InChI is InChI=1S/C19H16BrF5O2/c20-14-3-1-2-12(8-14)10-26-17(16-9-18(16,21)22)13-4-6-15(7-5-13)27-11-19(23,24)25/h1-8,16-17H,9-11H2. The van der Waals surface area contributed by atoms with Gasteiger partial charge in [-0.05, 0) is 35.4 Å². The number of halogens is 6. The summed E-state index contributed by atoms with van der Waals surface area (Å²) < 4.78 is 75.1. The molecular weight excluding hydrogens is 435 g/mol. The van der Waals surface area contributed by atoms with Crippen LogP contribution in [0.5, 0.6) is 5.75 Å². The maximum atomic E-state index is 13.6. The molecule has 0 amide bonds. The summed E-state index contributed by atoms with van der Waals surface area (Å²) in [5.41, 5.74) is 1.30. The van der Waals surface area contributed by atoms with Gasteiger partial charge in [0.05, 0.1) is 18.6 Å². The largest absolute Gasteiger partial charge is 0.484 e. The molecule has 0 spiro atoms. The molecule has 1 aliphatic carbocycles. The van der Waals surface area contributed by atoms with Gasteiger partial charge in [0.2, 0.25) is 0 Å². The fourth-order valence-electron chi connectivity index (χ4n) is 2.74. The first-order chi connectivity index (χ1) is 12.6. The zero-order valence-electron chi connectivity index (χ0n) is 14.0. The van der Waals surface area contributed by atoms with Gasteiger partial charge in [-0.2, -0.15) is 13.2 Å². The van der Waals surface area contributed by atoms with Crippen LogP contribution in [0.15, 0.2) is 53.0 Å². The Labute approximate surface area is 161 Å². The van der Waals surface area contributed by atoms with Crippen LogP contribution in [0.4, 0.5) is 22.0 Å². The summed E-state index contributed by atoms with van der Waals surface area (Å²) in [6.45, 7) is -1.27. The first kappa shape index (κ1) is 20.1. The third kappa shape index (κ3) is 5.65. The Morgan fingerprint density at radius 3 is 2.33 bits per heavy atom. The Bertz CT molecular complexity index is 776. The average molecular weight is 451 g/mol. The molecule has 1 fully saturated rings. The molecule has 2 nitrogen and oxygen atoms in total. The molecule has 0 aliphatic heterocycles. The summed E-state index contributed by atoms with van der Waals surface area (Å²) in [5, 5.41) is 0. The van der Waals surface area contributed by atoms with Crippen molar-refractivity contribution in [1.29, 1.82) is 0 Å². The van der Waals surface area contributed by atoms with Crippen molar-refractivity contribution in [3.05, 3.63) is 64.1 Å². The second-order valence-electron chi connectivity index (χ2n) is 6.41. The van der Waals surface area contributed by atoms with Gasteiger partial charge in [0.1, 0.15) is 5.75 Å². The van der Waals surface area contributed by atoms with Crippen molar-refractivity contribution >= 4 is 15.9 Å². The molecule has 1 aliphatic rings. The van der Waals surface area contributed by atoms with Gasteiger partial charge in [-0.25, -0.2) is 8.78 Å². The molecule has 2 aromatic carbocycles. The van der Waals surface area contributed by atoms with Crippen molar-refractivity contribution in [2.24, 2.45) is 5.92 Å². The lowest BCUT2D eigenvalue weighted by atomic mass is 10.0.